The topological polar surface area (TPSA) is 54.9 Å². The molecule has 0 spiro atoms. The summed E-state index contributed by atoms with van der Waals surface area (Å²) in [7, 11) is 0. The second-order valence-electron chi connectivity index (χ2n) is 5.43. The van der Waals surface area contributed by atoms with Gasteiger partial charge in [0.05, 0.1) is 5.57 Å². The molecule has 0 saturated heterocycles. The quantitative estimate of drug-likeness (QED) is 0.409. The highest BCUT2D eigenvalue weighted by molar-refractivity contribution is 7.99. The SMILES string of the molecule is CCSc1ncc2c(n1)NC(=O)C2=Cc1ccc(-c2ccccc2)s1. The molecule has 4 rings (SSSR count). The molecule has 2 aromatic heterocycles. The van der Waals surface area contributed by atoms with Crippen molar-refractivity contribution in [3.63, 3.8) is 0 Å². The molecule has 1 aromatic carbocycles. The minimum absolute atomic E-state index is 0.127. The molecule has 3 heterocycles. The highest BCUT2D eigenvalue weighted by Gasteiger charge is 2.26. The molecule has 3 aromatic rings. The van der Waals surface area contributed by atoms with Crippen LogP contribution in [0.2, 0.25) is 0 Å². The number of nitrogens with one attached hydrogen (secondary N) is 1. The lowest BCUT2D eigenvalue weighted by Gasteiger charge is -2.00. The summed E-state index contributed by atoms with van der Waals surface area (Å²) in [6.07, 6.45) is 3.64. The Labute approximate surface area is 154 Å². The Kier molecular flexibility index (Phi) is 4.38. The lowest BCUT2D eigenvalue weighted by Crippen LogP contribution is -2.04. The van der Waals surface area contributed by atoms with Crippen LogP contribution in [-0.4, -0.2) is 21.6 Å². The number of thioether (sulfide) groups is 1. The van der Waals surface area contributed by atoms with E-state index >= 15 is 0 Å². The Morgan fingerprint density at radius 2 is 2.04 bits per heavy atom. The fourth-order valence-corrected chi connectivity index (χ4v) is 4.13. The second-order valence-corrected chi connectivity index (χ2v) is 7.77. The Morgan fingerprint density at radius 3 is 2.84 bits per heavy atom. The number of carbonyl (C=O) groups is 1. The molecule has 25 heavy (non-hydrogen) atoms. The first-order valence-electron chi connectivity index (χ1n) is 7.93. The summed E-state index contributed by atoms with van der Waals surface area (Å²) >= 11 is 3.22. The van der Waals surface area contributed by atoms with E-state index in [1.54, 1.807) is 29.3 Å². The van der Waals surface area contributed by atoms with Crippen molar-refractivity contribution >= 4 is 46.5 Å². The first-order chi connectivity index (χ1) is 12.2. The lowest BCUT2D eigenvalue weighted by atomic mass is 10.1. The summed E-state index contributed by atoms with van der Waals surface area (Å²) < 4.78 is 0. The standard InChI is InChI=1S/C19H15N3OS2/c1-2-24-19-20-11-15-14(18(23)21-17(15)22-19)10-13-8-9-16(25-13)12-6-4-3-5-7-12/h3-11H,2H2,1H3,(H,20,21,22,23). The Morgan fingerprint density at radius 1 is 1.20 bits per heavy atom. The zero-order chi connectivity index (χ0) is 17.2. The van der Waals surface area contributed by atoms with Crippen LogP contribution in [0.3, 0.4) is 0 Å². The van der Waals surface area contributed by atoms with Gasteiger partial charge in [0.15, 0.2) is 5.16 Å². The van der Waals surface area contributed by atoms with Gasteiger partial charge in [0.25, 0.3) is 5.91 Å². The molecule has 1 aliphatic heterocycles. The molecule has 0 bridgehead atoms. The molecule has 1 aliphatic rings. The Hall–Kier alpha value is -2.44. The maximum Gasteiger partial charge on any atom is 0.257 e. The molecule has 1 amide bonds. The number of thiophene rings is 1. The predicted molar refractivity (Wildman–Crippen MR) is 105 cm³/mol. The maximum absolute atomic E-state index is 12.3. The van der Waals surface area contributed by atoms with Crippen molar-refractivity contribution in [2.45, 2.75) is 12.1 Å². The van der Waals surface area contributed by atoms with Gasteiger partial charge in [0.1, 0.15) is 5.82 Å². The van der Waals surface area contributed by atoms with E-state index in [0.717, 1.165) is 16.2 Å². The molecule has 0 fully saturated rings. The van der Waals surface area contributed by atoms with E-state index < -0.39 is 0 Å². The number of anilines is 1. The number of nitrogens with zero attached hydrogens (tertiary/aromatic N) is 2. The van der Waals surface area contributed by atoms with Crippen molar-refractivity contribution in [3.05, 3.63) is 59.1 Å². The number of hydrogen-bond acceptors (Lipinski definition) is 5. The first kappa shape index (κ1) is 16.1. The van der Waals surface area contributed by atoms with Crippen molar-refractivity contribution < 1.29 is 4.79 Å². The van der Waals surface area contributed by atoms with Gasteiger partial charge in [-0.3, -0.25) is 4.79 Å². The van der Waals surface area contributed by atoms with E-state index in [4.69, 9.17) is 0 Å². The highest BCUT2D eigenvalue weighted by atomic mass is 32.2. The van der Waals surface area contributed by atoms with Crippen LogP contribution >= 0.6 is 23.1 Å². The predicted octanol–water partition coefficient (Wildman–Crippen LogP) is 4.81. The number of hydrogen-bond donors (Lipinski definition) is 1. The van der Waals surface area contributed by atoms with Crippen molar-refractivity contribution in [1.29, 1.82) is 0 Å². The van der Waals surface area contributed by atoms with E-state index in [2.05, 4.69) is 33.5 Å². The summed E-state index contributed by atoms with van der Waals surface area (Å²) in [6.45, 7) is 2.05. The molecule has 6 heteroatoms. The summed E-state index contributed by atoms with van der Waals surface area (Å²) in [5, 5.41) is 3.52. The molecule has 0 radical (unpaired) electrons. The van der Waals surface area contributed by atoms with Crippen molar-refractivity contribution in [2.75, 3.05) is 11.1 Å². The number of benzene rings is 1. The highest BCUT2D eigenvalue weighted by Crippen LogP contribution is 2.35. The molecular weight excluding hydrogens is 350 g/mol. The van der Waals surface area contributed by atoms with Crippen molar-refractivity contribution in [1.82, 2.24) is 9.97 Å². The van der Waals surface area contributed by atoms with Crippen molar-refractivity contribution in [2.24, 2.45) is 0 Å². The van der Waals surface area contributed by atoms with Gasteiger partial charge in [0, 0.05) is 21.5 Å². The normalized spacial score (nSPS) is 14.6. The van der Waals surface area contributed by atoms with Crippen LogP contribution in [0.25, 0.3) is 22.1 Å². The van der Waals surface area contributed by atoms with Gasteiger partial charge in [-0.1, -0.05) is 49.0 Å². The van der Waals surface area contributed by atoms with Crippen LogP contribution in [0, 0.1) is 0 Å². The maximum atomic E-state index is 12.3. The monoisotopic (exact) mass is 365 g/mol. The van der Waals surface area contributed by atoms with Crippen LogP contribution in [0.4, 0.5) is 5.82 Å². The molecule has 124 valence electrons. The third kappa shape index (κ3) is 3.23. The molecule has 0 unspecified atom stereocenters. The number of fused-ring (bicyclic) bond motifs is 1. The Bertz CT molecular complexity index is 964. The largest absolute Gasteiger partial charge is 0.306 e. The zero-order valence-electron chi connectivity index (χ0n) is 13.5. The average molecular weight is 365 g/mol. The molecule has 4 nitrogen and oxygen atoms in total. The van der Waals surface area contributed by atoms with Crippen LogP contribution < -0.4 is 5.32 Å². The fraction of sp³-hybridized carbons (Fsp3) is 0.105. The van der Waals surface area contributed by atoms with E-state index in [9.17, 15) is 4.79 Å². The van der Waals surface area contributed by atoms with Gasteiger partial charge >= 0.3 is 0 Å². The van der Waals surface area contributed by atoms with Gasteiger partial charge in [-0.05, 0) is 29.5 Å². The minimum atomic E-state index is -0.127. The summed E-state index contributed by atoms with van der Waals surface area (Å²) in [5.74, 6) is 1.37. The molecular formula is C19H15N3OS2. The first-order valence-corrected chi connectivity index (χ1v) is 9.73. The molecule has 0 atom stereocenters. The number of rotatable bonds is 4. The van der Waals surface area contributed by atoms with Crippen molar-refractivity contribution in [3.8, 4) is 10.4 Å². The third-order valence-electron chi connectivity index (χ3n) is 3.78. The van der Waals surface area contributed by atoms with E-state index in [-0.39, 0.29) is 5.91 Å². The van der Waals surface area contributed by atoms with E-state index in [0.29, 0.717) is 16.5 Å². The van der Waals surface area contributed by atoms with Gasteiger partial charge < -0.3 is 5.32 Å². The minimum Gasteiger partial charge on any atom is -0.306 e. The van der Waals surface area contributed by atoms with Gasteiger partial charge in [-0.15, -0.1) is 11.3 Å². The van der Waals surface area contributed by atoms with Crippen LogP contribution in [0.1, 0.15) is 17.4 Å². The van der Waals surface area contributed by atoms with Crippen LogP contribution in [-0.2, 0) is 4.79 Å². The third-order valence-corrected chi connectivity index (χ3v) is 5.60. The average Bonchev–Trinajstić information content (AvgIpc) is 3.21. The van der Waals surface area contributed by atoms with Gasteiger partial charge in [-0.25, -0.2) is 9.97 Å². The van der Waals surface area contributed by atoms with E-state index in [1.165, 1.54) is 10.4 Å². The molecule has 0 aliphatic carbocycles. The smallest absolute Gasteiger partial charge is 0.257 e. The van der Waals surface area contributed by atoms with Crippen LogP contribution in [0.5, 0.6) is 0 Å². The summed E-state index contributed by atoms with van der Waals surface area (Å²) in [4.78, 5) is 23.3. The van der Waals surface area contributed by atoms with Crippen LogP contribution in [0.15, 0.2) is 53.8 Å². The van der Waals surface area contributed by atoms with Gasteiger partial charge in [-0.2, -0.15) is 0 Å². The second kappa shape index (κ2) is 6.82. The van der Waals surface area contributed by atoms with Gasteiger partial charge in [0.2, 0.25) is 0 Å². The number of amides is 1. The summed E-state index contributed by atoms with van der Waals surface area (Å²) in [6, 6.07) is 14.3. The molecule has 0 saturated carbocycles. The Balaban J connectivity index is 1.67. The fourth-order valence-electron chi connectivity index (χ4n) is 2.63. The number of carbonyl (C=O) groups excluding carboxylic acids is 1. The summed E-state index contributed by atoms with van der Waals surface area (Å²) in [5.41, 5.74) is 2.56. The van der Waals surface area contributed by atoms with E-state index in [1.807, 2.05) is 37.3 Å². The lowest BCUT2D eigenvalue weighted by molar-refractivity contribution is -0.110. The molecule has 1 N–H and O–H groups in total. The number of aromatic nitrogens is 2. The zero-order valence-corrected chi connectivity index (χ0v) is 15.2.